The Hall–Kier alpha value is -3.08. The smallest absolute Gasteiger partial charge is 0.242 e. The number of rotatable bonds is 4. The van der Waals surface area contributed by atoms with E-state index >= 15 is 0 Å². The Kier molecular flexibility index (Phi) is 4.67. The maximum Gasteiger partial charge on any atom is 0.242 e. The molecule has 2 heterocycles. The third kappa shape index (κ3) is 3.58. The number of carbonyl (C=O) groups excluding carboxylic acids is 1. The van der Waals surface area contributed by atoms with Gasteiger partial charge in [-0.3, -0.25) is 9.78 Å². The zero-order valence-electron chi connectivity index (χ0n) is 15.7. The molecule has 2 aromatic carbocycles. The van der Waals surface area contributed by atoms with Crippen LogP contribution in [-0.2, 0) is 11.3 Å². The summed E-state index contributed by atoms with van der Waals surface area (Å²) in [5.41, 5.74) is 4.32. The highest BCUT2D eigenvalue weighted by molar-refractivity contribution is 5.94. The van der Waals surface area contributed by atoms with Crippen LogP contribution in [0.4, 0.5) is 5.69 Å². The van der Waals surface area contributed by atoms with Gasteiger partial charge in [0.25, 0.3) is 0 Å². The predicted octanol–water partition coefficient (Wildman–Crippen LogP) is 3.40. The third-order valence-electron chi connectivity index (χ3n) is 5.04. The topological polar surface area (TPSA) is 45.7 Å². The van der Waals surface area contributed by atoms with E-state index in [1.54, 1.807) is 7.11 Å². The molecule has 1 aliphatic rings. The highest BCUT2D eigenvalue weighted by atomic mass is 16.5. The number of pyridine rings is 1. The SMILES string of the molecule is COc1cccc(CN2CCN(c3ccnc4ccc(C)cc34)CC2=O)c1. The van der Waals surface area contributed by atoms with Crippen molar-refractivity contribution in [3.8, 4) is 5.75 Å². The number of ether oxygens (including phenoxy) is 1. The van der Waals surface area contributed by atoms with Gasteiger partial charge in [-0.1, -0.05) is 23.8 Å². The zero-order valence-corrected chi connectivity index (χ0v) is 15.7. The van der Waals surface area contributed by atoms with E-state index in [1.807, 2.05) is 47.5 Å². The van der Waals surface area contributed by atoms with Crippen LogP contribution in [0.1, 0.15) is 11.1 Å². The monoisotopic (exact) mass is 361 g/mol. The first-order chi connectivity index (χ1) is 13.1. The molecule has 0 radical (unpaired) electrons. The zero-order chi connectivity index (χ0) is 18.8. The minimum atomic E-state index is 0.140. The Labute approximate surface area is 159 Å². The van der Waals surface area contributed by atoms with E-state index in [9.17, 15) is 4.79 Å². The molecule has 138 valence electrons. The number of hydrogen-bond acceptors (Lipinski definition) is 4. The Bertz CT molecular complexity index is 986. The minimum absolute atomic E-state index is 0.140. The predicted molar refractivity (Wildman–Crippen MR) is 107 cm³/mol. The van der Waals surface area contributed by atoms with Crippen LogP contribution in [-0.4, -0.2) is 42.5 Å². The number of amides is 1. The molecule has 1 saturated heterocycles. The number of nitrogens with zero attached hydrogens (tertiary/aromatic N) is 3. The number of anilines is 1. The van der Waals surface area contributed by atoms with Crippen molar-refractivity contribution in [1.29, 1.82) is 0 Å². The van der Waals surface area contributed by atoms with Gasteiger partial charge in [0.2, 0.25) is 5.91 Å². The quantitative estimate of drug-likeness (QED) is 0.714. The molecule has 0 bridgehead atoms. The first-order valence-electron chi connectivity index (χ1n) is 9.15. The average Bonchev–Trinajstić information content (AvgIpc) is 2.69. The normalized spacial score (nSPS) is 14.7. The molecule has 0 atom stereocenters. The number of aryl methyl sites for hydroxylation is 1. The summed E-state index contributed by atoms with van der Waals surface area (Å²) in [5, 5.41) is 1.10. The lowest BCUT2D eigenvalue weighted by atomic mass is 10.1. The van der Waals surface area contributed by atoms with Crippen LogP contribution < -0.4 is 9.64 Å². The molecular weight excluding hydrogens is 338 g/mol. The standard InChI is InChI=1S/C22H23N3O2/c1-16-6-7-20-19(12-16)21(8-9-23-20)24-10-11-25(22(26)15-24)14-17-4-3-5-18(13-17)27-2/h3-9,12-13H,10-11,14-15H2,1-2H3. The molecule has 1 fully saturated rings. The van der Waals surface area contributed by atoms with Gasteiger partial charge in [0.1, 0.15) is 5.75 Å². The second-order valence-electron chi connectivity index (χ2n) is 6.94. The van der Waals surface area contributed by atoms with Gasteiger partial charge in [-0.2, -0.15) is 0 Å². The summed E-state index contributed by atoms with van der Waals surface area (Å²) in [6.45, 7) is 4.58. The Morgan fingerprint density at radius 3 is 2.81 bits per heavy atom. The van der Waals surface area contributed by atoms with Crippen molar-refractivity contribution in [2.45, 2.75) is 13.5 Å². The maximum absolute atomic E-state index is 12.8. The van der Waals surface area contributed by atoms with E-state index in [2.05, 4.69) is 28.9 Å². The van der Waals surface area contributed by atoms with E-state index in [1.165, 1.54) is 5.56 Å². The van der Waals surface area contributed by atoms with Crippen LogP contribution in [0.25, 0.3) is 10.9 Å². The van der Waals surface area contributed by atoms with Crippen molar-refractivity contribution in [1.82, 2.24) is 9.88 Å². The Balaban J connectivity index is 1.52. The number of piperazine rings is 1. The molecular formula is C22H23N3O2. The summed E-state index contributed by atoms with van der Waals surface area (Å²) in [6.07, 6.45) is 1.82. The largest absolute Gasteiger partial charge is 0.497 e. The molecule has 27 heavy (non-hydrogen) atoms. The summed E-state index contributed by atoms with van der Waals surface area (Å²) in [6, 6.07) is 16.1. The first-order valence-corrected chi connectivity index (χ1v) is 9.15. The molecule has 0 spiro atoms. The van der Waals surface area contributed by atoms with Crippen molar-refractivity contribution < 1.29 is 9.53 Å². The lowest BCUT2D eigenvalue weighted by Gasteiger charge is -2.36. The summed E-state index contributed by atoms with van der Waals surface area (Å²) in [4.78, 5) is 21.3. The van der Waals surface area contributed by atoms with E-state index < -0.39 is 0 Å². The van der Waals surface area contributed by atoms with Crippen LogP contribution in [0.2, 0.25) is 0 Å². The van der Waals surface area contributed by atoms with Crippen molar-refractivity contribution in [3.63, 3.8) is 0 Å². The van der Waals surface area contributed by atoms with Gasteiger partial charge in [-0.15, -0.1) is 0 Å². The molecule has 5 heteroatoms. The van der Waals surface area contributed by atoms with Gasteiger partial charge in [-0.05, 0) is 42.8 Å². The second kappa shape index (κ2) is 7.27. The molecule has 0 N–H and O–H groups in total. The molecule has 3 aromatic rings. The lowest BCUT2D eigenvalue weighted by Crippen LogP contribution is -2.50. The average molecular weight is 361 g/mol. The van der Waals surface area contributed by atoms with Gasteiger partial charge in [0, 0.05) is 36.9 Å². The number of hydrogen-bond donors (Lipinski definition) is 0. The summed E-state index contributed by atoms with van der Waals surface area (Å²) in [5.74, 6) is 0.957. The van der Waals surface area contributed by atoms with Crippen molar-refractivity contribution in [2.24, 2.45) is 0 Å². The highest BCUT2D eigenvalue weighted by Gasteiger charge is 2.25. The fourth-order valence-corrected chi connectivity index (χ4v) is 3.59. The first kappa shape index (κ1) is 17.3. The molecule has 0 saturated carbocycles. The minimum Gasteiger partial charge on any atom is -0.497 e. The van der Waals surface area contributed by atoms with Gasteiger partial charge in [0.05, 0.1) is 19.2 Å². The van der Waals surface area contributed by atoms with E-state index in [0.29, 0.717) is 19.6 Å². The number of fused-ring (bicyclic) bond motifs is 1. The molecule has 1 aromatic heterocycles. The van der Waals surface area contributed by atoms with Gasteiger partial charge >= 0.3 is 0 Å². The van der Waals surface area contributed by atoms with Crippen molar-refractivity contribution in [3.05, 3.63) is 65.9 Å². The van der Waals surface area contributed by atoms with E-state index in [4.69, 9.17) is 4.74 Å². The second-order valence-corrected chi connectivity index (χ2v) is 6.94. The molecule has 0 aliphatic carbocycles. The number of carbonyl (C=O) groups is 1. The Morgan fingerprint density at radius 1 is 1.11 bits per heavy atom. The molecule has 1 aliphatic heterocycles. The summed E-state index contributed by atoms with van der Waals surface area (Å²) in [7, 11) is 1.66. The van der Waals surface area contributed by atoms with Crippen molar-refractivity contribution >= 4 is 22.5 Å². The number of benzene rings is 2. The fourth-order valence-electron chi connectivity index (χ4n) is 3.59. The van der Waals surface area contributed by atoms with Gasteiger partial charge < -0.3 is 14.5 Å². The van der Waals surface area contributed by atoms with Gasteiger partial charge in [0.15, 0.2) is 0 Å². The van der Waals surface area contributed by atoms with Crippen LogP contribution >= 0.6 is 0 Å². The lowest BCUT2D eigenvalue weighted by molar-refractivity contribution is -0.131. The number of aromatic nitrogens is 1. The number of methoxy groups -OCH3 is 1. The van der Waals surface area contributed by atoms with Crippen LogP contribution in [0.5, 0.6) is 5.75 Å². The summed E-state index contributed by atoms with van der Waals surface area (Å²) >= 11 is 0. The van der Waals surface area contributed by atoms with Crippen LogP contribution in [0.15, 0.2) is 54.7 Å². The fraction of sp³-hybridized carbons (Fsp3) is 0.273. The van der Waals surface area contributed by atoms with Gasteiger partial charge in [-0.25, -0.2) is 0 Å². The van der Waals surface area contributed by atoms with Crippen LogP contribution in [0, 0.1) is 6.92 Å². The third-order valence-corrected chi connectivity index (χ3v) is 5.04. The van der Waals surface area contributed by atoms with E-state index in [-0.39, 0.29) is 5.91 Å². The highest BCUT2D eigenvalue weighted by Crippen LogP contribution is 2.27. The molecule has 1 amide bonds. The molecule has 5 nitrogen and oxygen atoms in total. The van der Waals surface area contributed by atoms with E-state index in [0.717, 1.165) is 34.4 Å². The summed E-state index contributed by atoms with van der Waals surface area (Å²) < 4.78 is 5.28. The molecule has 4 rings (SSSR count). The van der Waals surface area contributed by atoms with Crippen molar-refractivity contribution in [2.75, 3.05) is 31.6 Å². The van der Waals surface area contributed by atoms with Crippen LogP contribution in [0.3, 0.4) is 0 Å². The Morgan fingerprint density at radius 2 is 2.00 bits per heavy atom. The maximum atomic E-state index is 12.8. The molecule has 0 unspecified atom stereocenters.